The van der Waals surface area contributed by atoms with E-state index in [0.717, 1.165) is 0 Å². The van der Waals surface area contributed by atoms with Crippen LogP contribution in [0.2, 0.25) is 25.4 Å². The van der Waals surface area contributed by atoms with Gasteiger partial charge in [0.2, 0.25) is 5.28 Å². The van der Waals surface area contributed by atoms with Crippen LogP contribution in [0.4, 0.5) is 0 Å². The van der Waals surface area contributed by atoms with Crippen molar-refractivity contribution in [2.45, 2.75) is 77.3 Å². The summed E-state index contributed by atoms with van der Waals surface area (Å²) in [7, 11) is 0. The molecule has 0 amide bonds. The standard InChI is InChI=1S/C18H17Cl3N2O7.C12H11BrCl2N2O4.CH4/c1-7(24)27-6-14-15(28-8(2)25)16(29-9(3)26)17(30-14)23-13-5-11(20)10(19)4-12(13)22-18(23)21;13-12-16-6-1-4(14)5(15)2-7(6)17(12)11-10(20)9(19)8(3-18)21-11;/h4-5,14-17H,6H2,1-3H3;1-2,8-11,18-20H,3H2;1H4/t14-,15?,16-,17+;8-,9?,10-,11+;/m00./s1. The zero-order chi connectivity index (χ0) is 37.5. The molecule has 2 fully saturated rings. The second-order valence-electron chi connectivity index (χ2n) is 11.3. The summed E-state index contributed by atoms with van der Waals surface area (Å²) in [4.78, 5) is 43.2. The lowest BCUT2D eigenvalue weighted by Crippen LogP contribution is -2.40. The molecule has 2 aliphatic heterocycles. The van der Waals surface area contributed by atoms with E-state index in [1.54, 1.807) is 16.7 Å². The minimum Gasteiger partial charge on any atom is -0.463 e. The normalized spacial score (nSPS) is 25.4. The van der Waals surface area contributed by atoms with Crippen molar-refractivity contribution in [1.82, 2.24) is 19.1 Å². The number of imidazole rings is 2. The predicted octanol–water partition coefficient (Wildman–Crippen LogP) is 5.67. The maximum Gasteiger partial charge on any atom is 0.303 e. The Hall–Kier alpha value is -2.48. The maximum atomic E-state index is 11.8. The van der Waals surface area contributed by atoms with Crippen LogP contribution < -0.4 is 0 Å². The third-order valence-electron chi connectivity index (χ3n) is 7.74. The predicted molar refractivity (Wildman–Crippen MR) is 194 cm³/mol. The molecule has 3 N–H and O–H groups in total. The summed E-state index contributed by atoms with van der Waals surface area (Å²) in [6.07, 6.45) is -8.29. The Labute approximate surface area is 329 Å². The van der Waals surface area contributed by atoms with E-state index >= 15 is 0 Å². The number of hydrogen-bond acceptors (Lipinski definition) is 13. The smallest absolute Gasteiger partial charge is 0.303 e. The second-order valence-corrected chi connectivity index (χ2v) is 13.9. The molecule has 0 bridgehead atoms. The molecule has 15 nitrogen and oxygen atoms in total. The van der Waals surface area contributed by atoms with Gasteiger partial charge in [0.05, 0.1) is 48.8 Å². The number of rotatable bonds is 7. The largest absolute Gasteiger partial charge is 0.463 e. The average Bonchev–Trinajstić information content (AvgIpc) is 3.72. The highest BCUT2D eigenvalue weighted by Crippen LogP contribution is 2.40. The van der Waals surface area contributed by atoms with Crippen LogP contribution in [0.25, 0.3) is 22.1 Å². The van der Waals surface area contributed by atoms with Crippen LogP contribution in [0.1, 0.15) is 40.7 Å². The van der Waals surface area contributed by atoms with Gasteiger partial charge in [-0.3, -0.25) is 23.5 Å². The number of aromatic nitrogens is 4. The summed E-state index contributed by atoms with van der Waals surface area (Å²) >= 11 is 33.8. The molecular formula is C31H32BrCl5N4O11. The van der Waals surface area contributed by atoms with Crippen LogP contribution >= 0.6 is 73.9 Å². The fourth-order valence-corrected chi connectivity index (χ4v) is 7.09. The van der Waals surface area contributed by atoms with Crippen molar-refractivity contribution in [2.24, 2.45) is 0 Å². The Morgan fingerprint density at radius 3 is 1.77 bits per heavy atom. The zero-order valence-electron chi connectivity index (χ0n) is 26.5. The van der Waals surface area contributed by atoms with Crippen molar-refractivity contribution in [3.8, 4) is 0 Å². The van der Waals surface area contributed by atoms with E-state index in [-0.39, 0.29) is 29.4 Å². The number of benzene rings is 2. The number of fused-ring (bicyclic) bond motifs is 2. The van der Waals surface area contributed by atoms with Gasteiger partial charge in [-0.05, 0) is 51.8 Å². The van der Waals surface area contributed by atoms with E-state index in [4.69, 9.17) is 86.8 Å². The van der Waals surface area contributed by atoms with Crippen LogP contribution in [0.5, 0.6) is 0 Å². The summed E-state index contributed by atoms with van der Waals surface area (Å²) in [6, 6.07) is 6.26. The molecule has 0 aliphatic carbocycles. The molecule has 2 saturated heterocycles. The lowest BCUT2D eigenvalue weighted by atomic mass is 10.1. The van der Waals surface area contributed by atoms with Crippen molar-refractivity contribution in [3.05, 3.63) is 54.4 Å². The Balaban J connectivity index is 0.000000242. The average molecular weight is 894 g/mol. The number of hydrogen-bond donors (Lipinski definition) is 3. The molecule has 2 aromatic carbocycles. The van der Waals surface area contributed by atoms with Crippen molar-refractivity contribution >= 4 is 114 Å². The third-order valence-corrected chi connectivity index (χ3v) is 10.0. The molecule has 21 heteroatoms. The van der Waals surface area contributed by atoms with E-state index in [1.165, 1.54) is 37.5 Å². The molecule has 2 aromatic heterocycles. The summed E-state index contributed by atoms with van der Waals surface area (Å²) in [5, 5.41) is 30.4. The van der Waals surface area contributed by atoms with Crippen molar-refractivity contribution < 1.29 is 53.4 Å². The molecule has 2 aliphatic rings. The van der Waals surface area contributed by atoms with Gasteiger partial charge < -0.3 is 39.0 Å². The zero-order valence-corrected chi connectivity index (χ0v) is 31.9. The van der Waals surface area contributed by atoms with Crippen molar-refractivity contribution in [3.63, 3.8) is 0 Å². The molecule has 4 aromatic rings. The first-order valence-corrected chi connectivity index (χ1v) is 17.5. The fourth-order valence-electron chi connectivity index (χ4n) is 5.60. The number of carbonyl (C=O) groups is 3. The van der Waals surface area contributed by atoms with E-state index < -0.39 is 73.6 Å². The van der Waals surface area contributed by atoms with Gasteiger partial charge in [0.15, 0.2) is 29.4 Å². The Morgan fingerprint density at radius 1 is 0.750 bits per heavy atom. The molecule has 0 spiro atoms. The molecule has 284 valence electrons. The topological polar surface area (TPSA) is 194 Å². The molecule has 4 heterocycles. The number of halogens is 6. The van der Waals surface area contributed by atoms with Gasteiger partial charge in [-0.25, -0.2) is 9.97 Å². The van der Waals surface area contributed by atoms with Crippen LogP contribution in [0.3, 0.4) is 0 Å². The maximum absolute atomic E-state index is 11.8. The highest BCUT2D eigenvalue weighted by Gasteiger charge is 2.51. The summed E-state index contributed by atoms with van der Waals surface area (Å²) in [5.41, 5.74) is 2.03. The lowest BCUT2D eigenvalue weighted by Gasteiger charge is -2.24. The first-order valence-electron chi connectivity index (χ1n) is 14.8. The minimum absolute atomic E-state index is 0. The highest BCUT2D eigenvalue weighted by atomic mass is 79.9. The minimum atomic E-state index is -1.20. The molecule has 52 heavy (non-hydrogen) atoms. The second kappa shape index (κ2) is 17.3. The quantitative estimate of drug-likeness (QED) is 0.152. The number of ether oxygens (including phenoxy) is 5. The third kappa shape index (κ3) is 8.73. The first-order chi connectivity index (χ1) is 24.0. The first kappa shape index (κ1) is 42.3. The van der Waals surface area contributed by atoms with E-state index in [2.05, 4.69) is 25.9 Å². The monoisotopic (exact) mass is 890 g/mol. The molecular weight excluding hydrogens is 862 g/mol. The van der Waals surface area contributed by atoms with Gasteiger partial charge >= 0.3 is 17.9 Å². The Kier molecular flexibility index (Phi) is 14.1. The highest BCUT2D eigenvalue weighted by molar-refractivity contribution is 9.10. The fraction of sp³-hybridized carbons (Fsp3) is 0.452. The van der Waals surface area contributed by atoms with Gasteiger partial charge in [-0.15, -0.1) is 0 Å². The van der Waals surface area contributed by atoms with Gasteiger partial charge in [0, 0.05) is 20.8 Å². The van der Waals surface area contributed by atoms with Crippen LogP contribution in [-0.2, 0) is 38.1 Å². The van der Waals surface area contributed by atoms with Crippen molar-refractivity contribution in [2.75, 3.05) is 13.2 Å². The summed E-state index contributed by atoms with van der Waals surface area (Å²) in [5.74, 6) is -1.83. The van der Waals surface area contributed by atoms with E-state index in [1.807, 2.05) is 0 Å². The van der Waals surface area contributed by atoms with E-state index in [0.29, 0.717) is 36.8 Å². The van der Waals surface area contributed by atoms with Gasteiger partial charge in [0.1, 0.15) is 31.0 Å². The molecule has 8 atom stereocenters. The van der Waals surface area contributed by atoms with Crippen LogP contribution in [-0.4, -0.2) is 102 Å². The molecule has 0 radical (unpaired) electrons. The van der Waals surface area contributed by atoms with Gasteiger partial charge in [0.25, 0.3) is 0 Å². The van der Waals surface area contributed by atoms with Gasteiger partial charge in [-0.2, -0.15) is 0 Å². The number of carbonyl (C=O) groups excluding carboxylic acids is 3. The number of aliphatic hydroxyl groups excluding tert-OH is 3. The molecule has 0 saturated carbocycles. The Morgan fingerprint density at radius 2 is 1.25 bits per heavy atom. The molecule has 6 rings (SSSR count). The summed E-state index contributed by atoms with van der Waals surface area (Å²) < 4.78 is 30.6. The number of nitrogens with zero attached hydrogens (tertiary/aromatic N) is 4. The SMILES string of the molecule is C.CC(=O)OC[C@@H]1O[C@@H](n2c(Cl)nc3cc(Cl)c(Cl)cc32)[C@@H](OC(C)=O)C1OC(C)=O.OC[C@@H]1O[C@@H](n2c(Br)nc3cc(Cl)c(Cl)cc32)[C@@H](O)C1O. The molecule has 2 unspecified atom stereocenters. The van der Waals surface area contributed by atoms with Crippen LogP contribution in [0.15, 0.2) is 29.0 Å². The van der Waals surface area contributed by atoms with Crippen LogP contribution in [0, 0.1) is 0 Å². The Bertz CT molecular complexity index is 1980. The van der Waals surface area contributed by atoms with Crippen molar-refractivity contribution in [1.29, 1.82) is 0 Å². The lowest BCUT2D eigenvalue weighted by molar-refractivity contribution is -0.166. The van der Waals surface area contributed by atoms with Gasteiger partial charge in [-0.1, -0.05) is 53.8 Å². The number of aliphatic hydroxyl groups is 3. The van der Waals surface area contributed by atoms with E-state index in [9.17, 15) is 24.6 Å². The number of esters is 3. The summed E-state index contributed by atoms with van der Waals surface area (Å²) in [6.45, 7) is 2.99.